The van der Waals surface area contributed by atoms with Gasteiger partial charge in [-0.3, -0.25) is 0 Å². The van der Waals surface area contributed by atoms with Gasteiger partial charge in [-0.1, -0.05) is 73.5 Å². The van der Waals surface area contributed by atoms with E-state index in [2.05, 4.69) is 25.7 Å². The highest BCUT2D eigenvalue weighted by Crippen LogP contribution is 2.30. The van der Waals surface area contributed by atoms with Crippen LogP contribution in [-0.4, -0.2) is 35.3 Å². The number of quaternary nitrogens is 1. The number of hydrogen-bond acceptors (Lipinski definition) is 1. The minimum absolute atomic E-state index is 0.648. The average Bonchev–Trinajstić information content (AvgIpc) is 2.71. The number of piperidine rings is 1. The summed E-state index contributed by atoms with van der Waals surface area (Å²) in [5.74, 6) is 6.69. The second-order valence-corrected chi connectivity index (χ2v) is 7.91. The molecule has 0 saturated carbocycles. The Kier molecular flexibility index (Phi) is 6.37. The van der Waals surface area contributed by atoms with Crippen LogP contribution in [-0.2, 0) is 5.60 Å². The second-order valence-electron chi connectivity index (χ2n) is 7.91. The van der Waals surface area contributed by atoms with Crippen molar-refractivity contribution in [2.24, 2.45) is 0 Å². The van der Waals surface area contributed by atoms with Gasteiger partial charge >= 0.3 is 0 Å². The minimum Gasteiger partial charge on any atom is -0.369 e. The van der Waals surface area contributed by atoms with Crippen molar-refractivity contribution < 1.29 is 9.59 Å². The minimum atomic E-state index is -1.27. The van der Waals surface area contributed by atoms with E-state index in [0.717, 1.165) is 22.2 Å². The number of likely N-dealkylation sites (tertiary alicyclic amines) is 1. The highest BCUT2D eigenvalue weighted by molar-refractivity contribution is 5.44. The van der Waals surface area contributed by atoms with Crippen LogP contribution in [0, 0.1) is 11.8 Å². The summed E-state index contributed by atoms with van der Waals surface area (Å²) >= 11 is 0. The first-order chi connectivity index (χ1) is 13.1. The zero-order chi connectivity index (χ0) is 19.2. The van der Waals surface area contributed by atoms with E-state index in [1.807, 2.05) is 60.7 Å². The summed E-state index contributed by atoms with van der Waals surface area (Å²) in [6, 6.07) is 20.3. The molecule has 27 heavy (non-hydrogen) atoms. The molecule has 2 atom stereocenters. The van der Waals surface area contributed by atoms with Crippen LogP contribution in [0.4, 0.5) is 0 Å². The van der Waals surface area contributed by atoms with Crippen LogP contribution in [0.15, 0.2) is 60.7 Å². The maximum Gasteiger partial charge on any atom is 0.177 e. The normalized spacial score (nSPS) is 22.7. The molecule has 2 nitrogen and oxygen atoms in total. The number of nitrogens with zero attached hydrogens (tertiary/aromatic N) is 1. The van der Waals surface area contributed by atoms with Crippen LogP contribution in [0.25, 0.3) is 0 Å². The third kappa shape index (κ3) is 4.26. The third-order valence-corrected chi connectivity index (χ3v) is 6.13. The molecule has 2 aromatic rings. The molecule has 1 saturated heterocycles. The summed E-state index contributed by atoms with van der Waals surface area (Å²) in [5, 5.41) is 11.6. The number of rotatable bonds is 5. The van der Waals surface area contributed by atoms with Crippen molar-refractivity contribution in [3.8, 4) is 11.8 Å². The van der Waals surface area contributed by atoms with Gasteiger partial charge in [0, 0.05) is 11.1 Å². The molecular formula is C25H32NO+. The Morgan fingerprint density at radius 2 is 1.59 bits per heavy atom. The Labute approximate surface area is 164 Å². The molecule has 142 valence electrons. The number of aliphatic hydroxyl groups is 1. The summed E-state index contributed by atoms with van der Waals surface area (Å²) in [6.45, 7) is 7.83. The predicted octanol–water partition coefficient (Wildman–Crippen LogP) is 4.73. The average molecular weight is 363 g/mol. The zero-order valence-corrected chi connectivity index (χ0v) is 16.7. The lowest BCUT2D eigenvalue weighted by Gasteiger charge is -2.45. The van der Waals surface area contributed by atoms with Gasteiger partial charge in [-0.15, -0.1) is 0 Å². The summed E-state index contributed by atoms with van der Waals surface area (Å²) < 4.78 is 1.07. The van der Waals surface area contributed by atoms with Gasteiger partial charge in [-0.2, -0.15) is 0 Å². The fraction of sp³-hybridized carbons (Fsp3) is 0.440. The Balaban J connectivity index is 1.94. The lowest BCUT2D eigenvalue weighted by molar-refractivity contribution is -0.947. The molecule has 1 N–H and O–H groups in total. The van der Waals surface area contributed by atoms with Crippen molar-refractivity contribution in [3.05, 3.63) is 71.8 Å². The zero-order valence-electron chi connectivity index (χ0n) is 16.7. The largest absolute Gasteiger partial charge is 0.369 e. The summed E-state index contributed by atoms with van der Waals surface area (Å²) in [5.41, 5.74) is 0.396. The van der Waals surface area contributed by atoms with E-state index in [-0.39, 0.29) is 0 Å². The van der Waals surface area contributed by atoms with Crippen molar-refractivity contribution in [2.45, 2.75) is 51.2 Å². The maximum absolute atomic E-state index is 11.6. The fourth-order valence-electron chi connectivity index (χ4n) is 4.45. The lowest BCUT2D eigenvalue weighted by Crippen LogP contribution is -2.57. The van der Waals surface area contributed by atoms with Crippen molar-refractivity contribution in [1.82, 2.24) is 0 Å². The van der Waals surface area contributed by atoms with Gasteiger partial charge in [0.25, 0.3) is 0 Å². The fourth-order valence-corrected chi connectivity index (χ4v) is 4.45. The molecule has 1 heterocycles. The van der Waals surface area contributed by atoms with Gasteiger partial charge in [0.15, 0.2) is 5.60 Å². The number of hydrogen-bond donors (Lipinski definition) is 1. The van der Waals surface area contributed by atoms with E-state index in [1.54, 1.807) is 0 Å². The van der Waals surface area contributed by atoms with Crippen LogP contribution in [0.1, 0.15) is 50.7 Å². The summed E-state index contributed by atoms with van der Waals surface area (Å²) in [6.07, 6.45) is 5.07. The Morgan fingerprint density at radius 3 is 2.11 bits per heavy atom. The first-order valence-electron chi connectivity index (χ1n) is 10.3. The quantitative estimate of drug-likeness (QED) is 0.602. The molecule has 1 aliphatic heterocycles. The SMILES string of the molecule is CCC[N+]1(CC#CC(O)(c2ccccc2)c2ccccc2)CCCCC1C. The maximum atomic E-state index is 11.6. The molecule has 2 aromatic carbocycles. The van der Waals surface area contributed by atoms with E-state index >= 15 is 0 Å². The molecule has 0 spiro atoms. The van der Waals surface area contributed by atoms with E-state index in [1.165, 1.54) is 38.8 Å². The van der Waals surface area contributed by atoms with Crippen molar-refractivity contribution in [3.63, 3.8) is 0 Å². The van der Waals surface area contributed by atoms with Gasteiger partial charge < -0.3 is 9.59 Å². The first-order valence-corrected chi connectivity index (χ1v) is 10.3. The molecular weight excluding hydrogens is 330 g/mol. The Morgan fingerprint density at radius 1 is 1.00 bits per heavy atom. The second kappa shape index (κ2) is 8.74. The molecule has 0 bridgehead atoms. The van der Waals surface area contributed by atoms with E-state index in [9.17, 15) is 5.11 Å². The van der Waals surface area contributed by atoms with Gasteiger partial charge in [0.1, 0.15) is 6.54 Å². The molecule has 2 unspecified atom stereocenters. The monoisotopic (exact) mass is 362 g/mol. The van der Waals surface area contributed by atoms with Crippen LogP contribution in [0.2, 0.25) is 0 Å². The highest BCUT2D eigenvalue weighted by atomic mass is 16.3. The molecule has 1 aliphatic rings. The van der Waals surface area contributed by atoms with E-state index < -0.39 is 5.60 Å². The first kappa shape index (κ1) is 19.7. The van der Waals surface area contributed by atoms with E-state index in [4.69, 9.17) is 0 Å². The third-order valence-electron chi connectivity index (χ3n) is 6.13. The molecule has 0 amide bonds. The Hall–Kier alpha value is -2.08. The topological polar surface area (TPSA) is 20.2 Å². The van der Waals surface area contributed by atoms with Crippen molar-refractivity contribution >= 4 is 0 Å². The van der Waals surface area contributed by atoms with Crippen LogP contribution in [0.5, 0.6) is 0 Å². The Bertz CT molecular complexity index is 731. The summed E-state index contributed by atoms with van der Waals surface area (Å²) in [7, 11) is 0. The predicted molar refractivity (Wildman–Crippen MR) is 112 cm³/mol. The molecule has 0 radical (unpaired) electrons. The van der Waals surface area contributed by atoms with Gasteiger partial charge in [-0.25, -0.2) is 0 Å². The van der Waals surface area contributed by atoms with Crippen LogP contribution < -0.4 is 0 Å². The highest BCUT2D eigenvalue weighted by Gasteiger charge is 2.35. The molecule has 2 heteroatoms. The van der Waals surface area contributed by atoms with Crippen LogP contribution in [0.3, 0.4) is 0 Å². The lowest BCUT2D eigenvalue weighted by atomic mass is 9.87. The van der Waals surface area contributed by atoms with Gasteiger partial charge in [-0.05, 0) is 38.5 Å². The van der Waals surface area contributed by atoms with E-state index in [0.29, 0.717) is 6.04 Å². The smallest absolute Gasteiger partial charge is 0.177 e. The number of benzene rings is 2. The van der Waals surface area contributed by atoms with Crippen molar-refractivity contribution in [1.29, 1.82) is 0 Å². The van der Waals surface area contributed by atoms with Crippen molar-refractivity contribution in [2.75, 3.05) is 19.6 Å². The van der Waals surface area contributed by atoms with Crippen LogP contribution >= 0.6 is 0 Å². The molecule has 0 aromatic heterocycles. The molecule has 3 rings (SSSR count). The van der Waals surface area contributed by atoms with Gasteiger partial charge in [0.05, 0.1) is 19.1 Å². The molecule has 0 aliphatic carbocycles. The standard InChI is InChI=1S/C25H32NO/c1-3-19-26(20-11-10-13-22(26)2)21-12-18-25(27,23-14-6-4-7-15-23)24-16-8-5-9-17-24/h4-9,14-17,22,27H,3,10-11,13,19-21H2,1-2H3/q+1. The summed E-state index contributed by atoms with van der Waals surface area (Å²) in [4.78, 5) is 0. The molecule has 1 fully saturated rings. The van der Waals surface area contributed by atoms with Gasteiger partial charge in [0.2, 0.25) is 0 Å².